The average Bonchev–Trinajstić information content (AvgIpc) is 3.35. The molecule has 33 heavy (non-hydrogen) atoms. The standard InChI is InChI=1S/C23H26N6O2S2/c1-14-15(2)32-21-18(14)20(30)24-19(25-21)16(3)33-23-27-26-22(28-9-11-31-12-10-28)29(23)13-17-7-5-4-6-8-17/h4-8,16H,9-13H2,1-3H3,(H,24,25,30)/t16-/m0/s1. The Labute approximate surface area is 200 Å². The van der Waals surface area contributed by atoms with E-state index in [1.807, 2.05) is 39.0 Å². The fourth-order valence-electron chi connectivity index (χ4n) is 3.95. The summed E-state index contributed by atoms with van der Waals surface area (Å²) in [5.74, 6) is 1.50. The molecule has 1 fully saturated rings. The van der Waals surface area contributed by atoms with Crippen molar-refractivity contribution in [3.63, 3.8) is 0 Å². The summed E-state index contributed by atoms with van der Waals surface area (Å²) < 4.78 is 7.67. The molecule has 1 aliphatic heterocycles. The molecule has 1 aliphatic rings. The Kier molecular flexibility index (Phi) is 6.22. The summed E-state index contributed by atoms with van der Waals surface area (Å²) >= 11 is 3.13. The third-order valence-electron chi connectivity index (χ3n) is 5.90. The lowest BCUT2D eigenvalue weighted by Gasteiger charge is -2.28. The lowest BCUT2D eigenvalue weighted by Crippen LogP contribution is -2.38. The molecule has 1 aromatic carbocycles. The monoisotopic (exact) mass is 482 g/mol. The number of thioether (sulfide) groups is 1. The maximum Gasteiger partial charge on any atom is 0.259 e. The van der Waals surface area contributed by atoms with E-state index in [1.54, 1.807) is 23.1 Å². The zero-order valence-corrected chi connectivity index (χ0v) is 20.5. The van der Waals surface area contributed by atoms with Crippen molar-refractivity contribution >= 4 is 39.3 Å². The molecule has 0 saturated carbocycles. The van der Waals surface area contributed by atoms with Crippen molar-refractivity contribution in [2.75, 3.05) is 31.2 Å². The van der Waals surface area contributed by atoms with E-state index in [4.69, 9.17) is 9.72 Å². The second-order valence-corrected chi connectivity index (χ2v) is 10.6. The lowest BCUT2D eigenvalue weighted by molar-refractivity contribution is 0.121. The Hall–Kier alpha value is -2.69. The number of ether oxygens (including phenoxy) is 1. The minimum atomic E-state index is -0.0962. The molecule has 1 saturated heterocycles. The van der Waals surface area contributed by atoms with Gasteiger partial charge < -0.3 is 14.6 Å². The van der Waals surface area contributed by atoms with Crippen LogP contribution >= 0.6 is 23.1 Å². The largest absolute Gasteiger partial charge is 0.378 e. The van der Waals surface area contributed by atoms with Gasteiger partial charge in [-0.3, -0.25) is 9.36 Å². The molecule has 3 aromatic heterocycles. The number of anilines is 1. The molecular weight excluding hydrogens is 456 g/mol. The molecule has 10 heteroatoms. The molecule has 0 aliphatic carbocycles. The van der Waals surface area contributed by atoms with Crippen molar-refractivity contribution < 1.29 is 4.74 Å². The van der Waals surface area contributed by atoms with Gasteiger partial charge in [-0.25, -0.2) is 4.98 Å². The minimum absolute atomic E-state index is 0.0796. The van der Waals surface area contributed by atoms with E-state index in [0.29, 0.717) is 31.0 Å². The number of morpholine rings is 1. The van der Waals surface area contributed by atoms with Gasteiger partial charge in [-0.2, -0.15) is 0 Å². The van der Waals surface area contributed by atoms with E-state index in [-0.39, 0.29) is 10.8 Å². The normalized spacial score (nSPS) is 15.3. The molecule has 0 unspecified atom stereocenters. The number of nitrogens with one attached hydrogen (secondary N) is 1. The highest BCUT2D eigenvalue weighted by atomic mass is 32.2. The number of nitrogens with zero attached hydrogens (tertiary/aromatic N) is 5. The number of fused-ring (bicyclic) bond motifs is 1. The molecule has 172 valence electrons. The van der Waals surface area contributed by atoms with Gasteiger partial charge in [-0.15, -0.1) is 21.5 Å². The number of aromatic nitrogens is 5. The van der Waals surface area contributed by atoms with Crippen LogP contribution in [0, 0.1) is 13.8 Å². The number of aryl methyl sites for hydroxylation is 2. The summed E-state index contributed by atoms with van der Waals surface area (Å²) in [5, 5.41) is 10.5. The molecule has 1 N–H and O–H groups in total. The average molecular weight is 483 g/mol. The predicted molar refractivity (Wildman–Crippen MR) is 133 cm³/mol. The second-order valence-electron chi connectivity index (χ2n) is 8.13. The van der Waals surface area contributed by atoms with Crippen molar-refractivity contribution in [3.05, 3.63) is 62.5 Å². The second kappa shape index (κ2) is 9.28. The van der Waals surface area contributed by atoms with Crippen molar-refractivity contribution in [1.82, 2.24) is 24.7 Å². The van der Waals surface area contributed by atoms with Gasteiger partial charge in [0.25, 0.3) is 5.56 Å². The molecular formula is C23H26N6O2S2. The SMILES string of the molecule is Cc1sc2nc([C@H](C)Sc3nnc(N4CCOCC4)n3Cc3ccccc3)[nH]c(=O)c2c1C. The van der Waals surface area contributed by atoms with Gasteiger partial charge in [0.2, 0.25) is 5.95 Å². The summed E-state index contributed by atoms with van der Waals surface area (Å²) in [6.07, 6.45) is 0. The van der Waals surface area contributed by atoms with E-state index in [9.17, 15) is 4.79 Å². The highest BCUT2D eigenvalue weighted by molar-refractivity contribution is 7.99. The van der Waals surface area contributed by atoms with Crippen molar-refractivity contribution in [3.8, 4) is 0 Å². The van der Waals surface area contributed by atoms with Crippen LogP contribution in [0.3, 0.4) is 0 Å². The van der Waals surface area contributed by atoms with Gasteiger partial charge in [0.05, 0.1) is 30.4 Å². The molecule has 4 aromatic rings. The quantitative estimate of drug-likeness (QED) is 0.417. The van der Waals surface area contributed by atoms with Crippen molar-refractivity contribution in [1.29, 1.82) is 0 Å². The Morgan fingerprint density at radius 1 is 1.18 bits per heavy atom. The van der Waals surface area contributed by atoms with E-state index in [1.165, 1.54) is 5.56 Å². The Balaban J connectivity index is 1.48. The summed E-state index contributed by atoms with van der Waals surface area (Å²) in [6, 6.07) is 10.3. The van der Waals surface area contributed by atoms with Crippen LogP contribution in [0.5, 0.6) is 0 Å². The zero-order valence-electron chi connectivity index (χ0n) is 18.9. The maximum absolute atomic E-state index is 12.8. The molecule has 0 bridgehead atoms. The third kappa shape index (κ3) is 4.42. The summed E-state index contributed by atoms with van der Waals surface area (Å²) in [5.41, 5.74) is 2.11. The van der Waals surface area contributed by atoms with Gasteiger partial charge in [0, 0.05) is 18.0 Å². The number of rotatable bonds is 6. The first-order chi connectivity index (χ1) is 16.0. The van der Waals surface area contributed by atoms with Crippen LogP contribution in [0.1, 0.15) is 34.0 Å². The number of H-pyrrole nitrogens is 1. The third-order valence-corrected chi connectivity index (χ3v) is 8.09. The number of hydrogen-bond donors (Lipinski definition) is 1. The van der Waals surface area contributed by atoms with E-state index >= 15 is 0 Å². The van der Waals surface area contributed by atoms with E-state index < -0.39 is 0 Å². The summed E-state index contributed by atoms with van der Waals surface area (Å²) in [4.78, 5) is 24.7. The van der Waals surface area contributed by atoms with Crippen molar-refractivity contribution in [2.45, 2.75) is 37.7 Å². The van der Waals surface area contributed by atoms with Gasteiger partial charge in [-0.1, -0.05) is 42.1 Å². The topological polar surface area (TPSA) is 88.9 Å². The Bertz CT molecular complexity index is 1320. The number of benzene rings is 1. The first-order valence-corrected chi connectivity index (χ1v) is 12.7. The van der Waals surface area contributed by atoms with Crippen LogP contribution in [-0.2, 0) is 11.3 Å². The van der Waals surface area contributed by atoms with Gasteiger partial charge in [-0.05, 0) is 31.9 Å². The smallest absolute Gasteiger partial charge is 0.259 e. The fourth-order valence-corrected chi connectivity index (χ4v) is 5.89. The van der Waals surface area contributed by atoms with Gasteiger partial charge in [0.1, 0.15) is 10.7 Å². The summed E-state index contributed by atoms with van der Waals surface area (Å²) in [6.45, 7) is 9.65. The van der Waals surface area contributed by atoms with Crippen LogP contribution in [0.4, 0.5) is 5.95 Å². The molecule has 5 rings (SSSR count). The minimum Gasteiger partial charge on any atom is -0.378 e. The van der Waals surface area contributed by atoms with Gasteiger partial charge in [0.15, 0.2) is 5.16 Å². The Morgan fingerprint density at radius 3 is 2.70 bits per heavy atom. The molecule has 8 nitrogen and oxygen atoms in total. The lowest BCUT2D eigenvalue weighted by atomic mass is 10.2. The number of thiophene rings is 1. The molecule has 0 spiro atoms. The highest BCUT2D eigenvalue weighted by Crippen LogP contribution is 2.35. The van der Waals surface area contributed by atoms with Crippen LogP contribution in [0.2, 0.25) is 0 Å². The van der Waals surface area contributed by atoms with E-state index in [0.717, 1.165) is 39.5 Å². The predicted octanol–water partition coefficient (Wildman–Crippen LogP) is 3.93. The van der Waals surface area contributed by atoms with Crippen LogP contribution in [-0.4, -0.2) is 51.0 Å². The number of aromatic amines is 1. The first-order valence-electron chi connectivity index (χ1n) is 11.0. The van der Waals surface area contributed by atoms with Crippen LogP contribution in [0.15, 0.2) is 40.3 Å². The molecule has 0 amide bonds. The summed E-state index contributed by atoms with van der Waals surface area (Å²) in [7, 11) is 0. The fraction of sp³-hybridized carbons (Fsp3) is 0.391. The zero-order chi connectivity index (χ0) is 22.9. The van der Waals surface area contributed by atoms with Crippen molar-refractivity contribution in [2.24, 2.45) is 0 Å². The molecule has 0 radical (unpaired) electrons. The first kappa shape index (κ1) is 22.1. The Morgan fingerprint density at radius 2 is 1.94 bits per heavy atom. The highest BCUT2D eigenvalue weighted by Gasteiger charge is 2.24. The van der Waals surface area contributed by atoms with E-state index in [2.05, 4.69) is 36.8 Å². The van der Waals surface area contributed by atoms with Crippen LogP contribution in [0.25, 0.3) is 10.2 Å². The molecule has 1 atom stereocenters. The van der Waals surface area contributed by atoms with Crippen LogP contribution < -0.4 is 10.5 Å². The van der Waals surface area contributed by atoms with Gasteiger partial charge >= 0.3 is 0 Å². The maximum atomic E-state index is 12.8. The molecule has 4 heterocycles. The number of hydrogen-bond acceptors (Lipinski definition) is 8.